The molecule has 0 bridgehead atoms. The van der Waals surface area contributed by atoms with Crippen molar-refractivity contribution in [2.24, 2.45) is 0 Å². The first kappa shape index (κ1) is 51.4. The van der Waals surface area contributed by atoms with Crippen molar-refractivity contribution in [1.82, 2.24) is 50.5 Å². The molecule has 2 aliphatic heterocycles. The van der Waals surface area contributed by atoms with Gasteiger partial charge in [0.25, 0.3) is 0 Å². The van der Waals surface area contributed by atoms with E-state index in [1.165, 1.54) is 12.0 Å². The largest absolute Gasteiger partial charge is 0.464 e. The topological polar surface area (TPSA) is 228 Å². The number of piperidine rings is 2. The fourth-order valence-electron chi connectivity index (χ4n) is 7.49. The Morgan fingerprint density at radius 3 is 1.56 bits per heavy atom. The number of ether oxygens (including phenoxy) is 1. The number of nitrogens with zero attached hydrogens (tertiary/aromatic N) is 7. The number of aromatic amines is 2. The molecule has 6 N–H and O–H groups in total. The second-order valence-electron chi connectivity index (χ2n) is 15.6. The number of nitrogens with one attached hydrogen (secondary N) is 3. The summed E-state index contributed by atoms with van der Waals surface area (Å²) in [4.78, 5) is 40.6. The van der Waals surface area contributed by atoms with E-state index >= 15 is 0 Å². The highest BCUT2D eigenvalue weighted by atomic mass is 35.5. The number of hydrogen-bond acceptors (Lipinski definition) is 13. The number of carbonyl (C=O) groups is 2. The molecule has 2 aliphatic rings. The molecule has 0 atom stereocenters. The first-order valence-corrected chi connectivity index (χ1v) is 23.2. The molecule has 352 valence electrons. The van der Waals surface area contributed by atoms with Gasteiger partial charge in [-0.3, -0.25) is 15.0 Å². The maximum Gasteiger partial charge on any atom is 0.331 e. The molecule has 6 heterocycles. The molecule has 2 aromatic carbocycles. The molecule has 0 saturated carbocycles. The summed E-state index contributed by atoms with van der Waals surface area (Å²) in [5.41, 5.74) is 9.63. The van der Waals surface area contributed by atoms with Crippen LogP contribution in [-0.2, 0) is 14.3 Å². The number of aromatic nitrogens is 8. The smallest absolute Gasteiger partial charge is 0.331 e. The van der Waals surface area contributed by atoms with Gasteiger partial charge in [-0.25, -0.2) is 24.7 Å². The molecule has 6 aromatic rings. The number of halogens is 2. The third-order valence-electron chi connectivity index (χ3n) is 11.0. The number of carbonyl (C=O) groups excluding carboxylic acids is 2. The number of aliphatic hydroxyl groups is 3. The number of unbranched alkanes of at least 4 members (excludes halogenated alkanes) is 2. The summed E-state index contributed by atoms with van der Waals surface area (Å²) in [5.74, 6) is -0.0737. The number of esters is 1. The van der Waals surface area contributed by atoms with E-state index in [0.29, 0.717) is 37.2 Å². The molecular weight excluding hydrogens is 883 g/mol. The molecule has 4 aromatic heterocycles. The second-order valence-corrected chi connectivity index (χ2v) is 16.4. The van der Waals surface area contributed by atoms with Gasteiger partial charge in [0.05, 0.1) is 18.0 Å². The molecule has 8 rings (SSSR count). The van der Waals surface area contributed by atoms with Crippen molar-refractivity contribution in [3.05, 3.63) is 107 Å². The molecule has 0 unspecified atom stereocenters. The quantitative estimate of drug-likeness (QED) is 0.0484. The maximum atomic E-state index is 11.7. The number of aliphatic hydroxyl groups excluding tert-OH is 3. The highest BCUT2D eigenvalue weighted by molar-refractivity contribution is 6.31. The zero-order valence-corrected chi connectivity index (χ0v) is 39.0. The van der Waals surface area contributed by atoms with E-state index in [1.807, 2.05) is 67.6 Å². The molecule has 0 radical (unpaired) electrons. The number of amides is 1. The summed E-state index contributed by atoms with van der Waals surface area (Å²) in [6.45, 7) is 7.16. The summed E-state index contributed by atoms with van der Waals surface area (Å²) in [5, 5.41) is 45.8. The fraction of sp³-hybridized carbons (Fsp3) is 0.417. The van der Waals surface area contributed by atoms with Crippen molar-refractivity contribution < 1.29 is 29.6 Å². The summed E-state index contributed by atoms with van der Waals surface area (Å²) in [6, 6.07) is 19.1. The van der Waals surface area contributed by atoms with Crippen LogP contribution < -0.4 is 5.32 Å². The van der Waals surface area contributed by atoms with Crippen LogP contribution in [-0.4, -0.2) is 125 Å². The lowest BCUT2D eigenvalue weighted by Gasteiger charge is -2.31. The molecule has 0 spiro atoms. The van der Waals surface area contributed by atoms with Gasteiger partial charge in [-0.15, -0.1) is 0 Å². The third-order valence-corrected chi connectivity index (χ3v) is 11.5. The third kappa shape index (κ3) is 15.0. The van der Waals surface area contributed by atoms with E-state index in [4.69, 9.17) is 38.5 Å². The molecule has 0 aliphatic carbocycles. The van der Waals surface area contributed by atoms with Crippen molar-refractivity contribution in [1.29, 1.82) is 0 Å². The minimum Gasteiger partial charge on any atom is -0.464 e. The molecular formula is C48H60Cl2N10O6. The Kier molecular flexibility index (Phi) is 21.6. The van der Waals surface area contributed by atoms with Gasteiger partial charge in [-0.1, -0.05) is 74.2 Å². The van der Waals surface area contributed by atoms with E-state index in [-0.39, 0.29) is 11.8 Å². The summed E-state index contributed by atoms with van der Waals surface area (Å²) in [7, 11) is 0. The Bertz CT molecular complexity index is 2320. The number of benzene rings is 2. The lowest BCUT2D eigenvalue weighted by atomic mass is 9.89. The minimum atomic E-state index is -0.538. The highest BCUT2D eigenvalue weighted by Gasteiger charge is 2.29. The van der Waals surface area contributed by atoms with Crippen LogP contribution in [0.4, 0.5) is 0 Å². The molecule has 1 amide bonds. The predicted octanol–water partition coefficient (Wildman–Crippen LogP) is 7.64. The van der Waals surface area contributed by atoms with E-state index in [9.17, 15) is 9.59 Å². The monoisotopic (exact) mass is 942 g/mol. The standard InChI is InChI=1S/C20H20ClN5O2.C18H18ClN5.C6H12O3.C4H10O/c21-15-3-1-13(2-4-15)19-18(16-5-8-22-12-23-16)20(25-24-19)14-6-9-26(10-7-14)17(28)11-27;19-14-3-1-12(2-4-14)17-16(15-7-10-21-11-22-15)18(24-23-17)13-5-8-20-9-6-13;1-2-3-4-9-6(8)5-7;1-2-3-4-5/h1-5,8,12,14,27H,6-7,9-11H2,(H,24,25);1-4,7,10-11,13,20H,5-6,8-9H2,(H,23,24);7H,2-5H2,1H3;5H,2-4H2,1H3. The van der Waals surface area contributed by atoms with Gasteiger partial charge < -0.3 is 30.3 Å². The predicted molar refractivity (Wildman–Crippen MR) is 256 cm³/mol. The second kappa shape index (κ2) is 27.8. The van der Waals surface area contributed by atoms with Gasteiger partial charge in [0.2, 0.25) is 5.91 Å². The van der Waals surface area contributed by atoms with Crippen LogP contribution in [0.5, 0.6) is 0 Å². The van der Waals surface area contributed by atoms with Crippen molar-refractivity contribution >= 4 is 35.1 Å². The van der Waals surface area contributed by atoms with Gasteiger partial charge in [0.1, 0.15) is 37.3 Å². The van der Waals surface area contributed by atoms with Crippen molar-refractivity contribution in [2.45, 2.75) is 77.0 Å². The maximum absolute atomic E-state index is 11.7. The molecule has 2 fully saturated rings. The van der Waals surface area contributed by atoms with Gasteiger partial charge in [-0.05, 0) is 88.0 Å². The SMILES string of the molecule is CCCCO.CCCCOC(=O)CO.Clc1ccc(-c2n[nH]c(C3CCNCC3)c2-c2ccncn2)cc1.O=C(CO)N1CCC(c2[nH]nc(-c3ccc(Cl)cc3)c2-c2ccncn2)CC1. The van der Waals surface area contributed by atoms with Crippen LogP contribution in [0.15, 0.2) is 85.7 Å². The zero-order chi connectivity index (χ0) is 47.1. The first-order chi connectivity index (χ1) is 32.2. The van der Waals surface area contributed by atoms with E-state index in [1.54, 1.807) is 23.6 Å². The number of H-pyrrole nitrogens is 2. The van der Waals surface area contributed by atoms with E-state index < -0.39 is 19.2 Å². The van der Waals surface area contributed by atoms with Crippen LogP contribution in [0.2, 0.25) is 10.0 Å². The van der Waals surface area contributed by atoms with Crippen molar-refractivity contribution in [3.63, 3.8) is 0 Å². The Balaban J connectivity index is 0.000000194. The summed E-state index contributed by atoms with van der Waals surface area (Å²) >= 11 is 12.1. The zero-order valence-electron chi connectivity index (χ0n) is 37.5. The average Bonchev–Trinajstić information content (AvgIpc) is 4.02. The Labute approximate surface area is 395 Å². The van der Waals surface area contributed by atoms with Crippen molar-refractivity contribution in [2.75, 3.05) is 52.6 Å². The number of rotatable bonds is 13. The van der Waals surface area contributed by atoms with Crippen LogP contribution in [0.1, 0.15) is 88.4 Å². The Morgan fingerprint density at radius 1 is 0.682 bits per heavy atom. The number of likely N-dealkylation sites (tertiary alicyclic amines) is 1. The molecule has 2 saturated heterocycles. The molecule has 18 heteroatoms. The lowest BCUT2D eigenvalue weighted by molar-refractivity contribution is -0.147. The Hall–Kier alpha value is -5.62. The Morgan fingerprint density at radius 2 is 1.17 bits per heavy atom. The van der Waals surface area contributed by atoms with Crippen LogP contribution in [0.25, 0.3) is 45.0 Å². The first-order valence-electron chi connectivity index (χ1n) is 22.4. The van der Waals surface area contributed by atoms with Gasteiger partial charge in [0.15, 0.2) is 0 Å². The lowest BCUT2D eigenvalue weighted by Crippen LogP contribution is -2.39. The fourth-order valence-corrected chi connectivity index (χ4v) is 7.75. The summed E-state index contributed by atoms with van der Waals surface area (Å²) < 4.78 is 4.54. The summed E-state index contributed by atoms with van der Waals surface area (Å²) in [6.07, 6.45) is 14.3. The molecule has 16 nitrogen and oxygen atoms in total. The minimum absolute atomic E-state index is 0.221. The van der Waals surface area contributed by atoms with E-state index in [0.717, 1.165) is 120 Å². The van der Waals surface area contributed by atoms with Gasteiger partial charge >= 0.3 is 5.97 Å². The van der Waals surface area contributed by atoms with Crippen LogP contribution in [0, 0.1) is 0 Å². The molecule has 66 heavy (non-hydrogen) atoms. The van der Waals surface area contributed by atoms with Crippen LogP contribution >= 0.6 is 23.2 Å². The van der Waals surface area contributed by atoms with Crippen LogP contribution in [0.3, 0.4) is 0 Å². The average molecular weight is 944 g/mol. The van der Waals surface area contributed by atoms with Crippen molar-refractivity contribution in [3.8, 4) is 45.0 Å². The normalized spacial score (nSPS) is 13.9. The number of hydrogen-bond donors (Lipinski definition) is 6. The highest BCUT2D eigenvalue weighted by Crippen LogP contribution is 2.40. The van der Waals surface area contributed by atoms with Gasteiger partial charge in [0, 0.05) is 87.6 Å². The van der Waals surface area contributed by atoms with Gasteiger partial charge in [-0.2, -0.15) is 10.2 Å². The van der Waals surface area contributed by atoms with E-state index in [2.05, 4.69) is 57.3 Å².